The Kier molecular flexibility index (Phi) is 5.50. The first-order valence-electron chi connectivity index (χ1n) is 8.49. The average molecular weight is 450 g/mol. The van der Waals surface area contributed by atoms with Crippen molar-refractivity contribution in [1.29, 1.82) is 0 Å². The summed E-state index contributed by atoms with van der Waals surface area (Å²) in [7, 11) is 0. The van der Waals surface area contributed by atoms with Crippen LogP contribution >= 0.6 is 0 Å². The van der Waals surface area contributed by atoms with Gasteiger partial charge in [0.05, 0.1) is 11.0 Å². The van der Waals surface area contributed by atoms with Gasteiger partial charge in [0.2, 0.25) is 5.69 Å². The normalized spacial score (nSPS) is 17.3. The van der Waals surface area contributed by atoms with E-state index in [0.29, 0.717) is 0 Å². The maximum atomic E-state index is 14.8. The van der Waals surface area contributed by atoms with Gasteiger partial charge in [-0.15, -0.1) is 13.4 Å². The Morgan fingerprint density at radius 2 is 1.53 bits per heavy atom. The molecule has 12 heteroatoms. The molecule has 0 fully saturated rings. The van der Waals surface area contributed by atoms with E-state index in [-0.39, 0.29) is 15.7 Å². The molecule has 168 valence electrons. The Morgan fingerprint density at radius 3 is 2.00 bits per heavy atom. The number of alkyl halides is 9. The average Bonchev–Trinajstić information content (AvgIpc) is 2.78. The summed E-state index contributed by atoms with van der Waals surface area (Å²) in [5, 5.41) is 9.06. The lowest BCUT2D eigenvalue weighted by molar-refractivity contribution is -0.658. The molecular formula is C18H17F9NO2+. The second kappa shape index (κ2) is 6.88. The summed E-state index contributed by atoms with van der Waals surface area (Å²) in [6, 6.07) is -3.05. The summed E-state index contributed by atoms with van der Waals surface area (Å²) < 4.78 is 122. The highest BCUT2D eigenvalue weighted by Gasteiger charge is 2.80. The van der Waals surface area contributed by atoms with E-state index < -0.39 is 59.7 Å². The molecule has 0 aliphatic carbocycles. The molecule has 30 heavy (non-hydrogen) atoms. The fourth-order valence-electron chi connectivity index (χ4n) is 3.20. The maximum absolute atomic E-state index is 14.8. The first-order valence-corrected chi connectivity index (χ1v) is 8.49. The second-order valence-corrected chi connectivity index (χ2v) is 7.52. The van der Waals surface area contributed by atoms with Crippen LogP contribution < -0.4 is 0 Å². The highest BCUT2D eigenvalue weighted by atomic mass is 19.4. The number of carboxylic acid groups (broad SMARTS) is 1. The van der Waals surface area contributed by atoms with Gasteiger partial charge in [-0.05, 0) is 26.0 Å². The number of benzene rings is 1. The fourth-order valence-corrected chi connectivity index (χ4v) is 3.20. The largest absolute Gasteiger partial charge is 0.534 e. The predicted octanol–water partition coefficient (Wildman–Crippen LogP) is 5.99. The molecule has 1 aliphatic heterocycles. The minimum Gasteiger partial charge on any atom is -0.478 e. The van der Waals surface area contributed by atoms with Crippen LogP contribution in [-0.4, -0.2) is 45.4 Å². The van der Waals surface area contributed by atoms with Crippen molar-refractivity contribution < 1.29 is 54.0 Å². The maximum Gasteiger partial charge on any atom is 0.534 e. The molecule has 0 amide bonds. The predicted molar refractivity (Wildman–Crippen MR) is 87.2 cm³/mol. The number of hydrogen-bond donors (Lipinski definition) is 1. The number of halogens is 9. The van der Waals surface area contributed by atoms with Crippen LogP contribution in [0, 0.1) is 0 Å². The van der Waals surface area contributed by atoms with Gasteiger partial charge in [0.25, 0.3) is 0 Å². The van der Waals surface area contributed by atoms with Crippen molar-refractivity contribution in [3.05, 3.63) is 29.3 Å². The molecule has 0 saturated carbocycles. The lowest BCUT2D eigenvalue weighted by Gasteiger charge is -2.30. The Labute approximate surface area is 164 Å². The summed E-state index contributed by atoms with van der Waals surface area (Å²) in [6.07, 6.45) is -10.1. The summed E-state index contributed by atoms with van der Waals surface area (Å²) in [5.41, 5.74) is -3.06. The molecule has 0 spiro atoms. The van der Waals surface area contributed by atoms with E-state index in [0.717, 1.165) is 25.1 Å². The van der Waals surface area contributed by atoms with Gasteiger partial charge in [-0.3, -0.25) is 0 Å². The molecule has 1 aromatic carbocycles. The van der Waals surface area contributed by atoms with Crippen molar-refractivity contribution in [3.63, 3.8) is 0 Å². The van der Waals surface area contributed by atoms with Crippen molar-refractivity contribution >= 4 is 17.4 Å². The molecule has 0 atom stereocenters. The smallest absolute Gasteiger partial charge is 0.478 e. The number of carboxylic acids is 1. The van der Waals surface area contributed by atoms with Gasteiger partial charge in [-0.1, -0.05) is 0 Å². The van der Waals surface area contributed by atoms with Crippen LogP contribution in [0.25, 0.3) is 0 Å². The van der Waals surface area contributed by atoms with Gasteiger partial charge < -0.3 is 5.11 Å². The summed E-state index contributed by atoms with van der Waals surface area (Å²) in [5.74, 6) is -13.3. The molecule has 1 aliphatic rings. The van der Waals surface area contributed by atoms with E-state index >= 15 is 0 Å². The van der Waals surface area contributed by atoms with Crippen LogP contribution in [0.15, 0.2) is 18.2 Å². The van der Waals surface area contributed by atoms with Crippen LogP contribution in [-0.2, 0) is 5.41 Å². The fraction of sp³-hybridized carbons (Fsp3) is 0.556. The Hall–Kier alpha value is -2.27. The molecule has 0 unspecified atom stereocenters. The van der Waals surface area contributed by atoms with E-state index in [1.165, 1.54) is 13.8 Å². The first kappa shape index (κ1) is 24.0. The van der Waals surface area contributed by atoms with Crippen LogP contribution in [0.5, 0.6) is 0 Å². The van der Waals surface area contributed by atoms with Crippen LogP contribution in [0.4, 0.5) is 45.2 Å². The number of aromatic carboxylic acids is 1. The van der Waals surface area contributed by atoms with Crippen molar-refractivity contribution in [3.8, 4) is 0 Å². The highest BCUT2D eigenvalue weighted by Crippen LogP contribution is 2.53. The minimum absolute atomic E-state index is 0.131. The molecule has 1 N–H and O–H groups in total. The molecular weight excluding hydrogens is 433 g/mol. The molecule has 0 saturated heterocycles. The zero-order valence-corrected chi connectivity index (χ0v) is 15.9. The van der Waals surface area contributed by atoms with E-state index in [1.54, 1.807) is 0 Å². The number of nitrogens with zero attached hydrogens (tertiary/aromatic N) is 1. The SMILES string of the molecule is CC1=[N+](C(F)(F)C(F)(F)C(F)(F)CCC(F)(F)F)c2ccc(C(=O)O)cc2C1(C)C. The molecule has 0 aromatic heterocycles. The quantitative estimate of drug-likeness (QED) is 0.329. The van der Waals surface area contributed by atoms with E-state index in [4.69, 9.17) is 5.11 Å². The lowest BCUT2D eigenvalue weighted by Crippen LogP contribution is -2.59. The summed E-state index contributed by atoms with van der Waals surface area (Å²) >= 11 is 0. The van der Waals surface area contributed by atoms with Gasteiger partial charge in [0, 0.05) is 31.4 Å². The van der Waals surface area contributed by atoms with Gasteiger partial charge >= 0.3 is 30.0 Å². The Bertz CT molecular complexity index is 901. The van der Waals surface area contributed by atoms with Crippen LogP contribution in [0.2, 0.25) is 0 Å². The van der Waals surface area contributed by atoms with Crippen LogP contribution in [0.1, 0.15) is 49.5 Å². The number of hydrogen-bond acceptors (Lipinski definition) is 1. The standard InChI is InChI=1S/C18H16F9NO2/c1-9-14(2,3)11-8-10(13(29)30)4-5-12(11)28(9)18(26,27)17(24,25)15(19,20)6-7-16(21,22)23/h4-5,8H,6-7H2,1-3H3/p+1. The monoisotopic (exact) mass is 450 g/mol. The topological polar surface area (TPSA) is 40.3 Å². The van der Waals surface area contributed by atoms with Crippen molar-refractivity contribution in [1.82, 2.24) is 0 Å². The van der Waals surface area contributed by atoms with Gasteiger partial charge in [-0.25, -0.2) is 4.79 Å². The van der Waals surface area contributed by atoms with E-state index in [2.05, 4.69) is 0 Å². The van der Waals surface area contributed by atoms with E-state index in [9.17, 15) is 44.3 Å². The number of fused-ring (bicyclic) bond motifs is 1. The molecule has 0 radical (unpaired) electrons. The third kappa shape index (κ3) is 3.64. The van der Waals surface area contributed by atoms with Crippen molar-refractivity contribution in [2.24, 2.45) is 0 Å². The molecule has 1 heterocycles. The molecule has 2 rings (SSSR count). The first-order chi connectivity index (χ1) is 13.3. The van der Waals surface area contributed by atoms with Crippen molar-refractivity contribution in [2.75, 3.05) is 0 Å². The lowest BCUT2D eigenvalue weighted by atomic mass is 9.81. The summed E-state index contributed by atoms with van der Waals surface area (Å²) in [4.78, 5) is 11.1. The Balaban J connectivity index is 2.61. The molecule has 3 nitrogen and oxygen atoms in total. The summed E-state index contributed by atoms with van der Waals surface area (Å²) in [6.45, 7) is 3.56. The zero-order chi connectivity index (χ0) is 23.5. The van der Waals surface area contributed by atoms with Gasteiger partial charge in [0.15, 0.2) is 5.71 Å². The number of rotatable bonds is 6. The highest BCUT2D eigenvalue weighted by molar-refractivity contribution is 5.95. The zero-order valence-electron chi connectivity index (χ0n) is 15.9. The third-order valence-electron chi connectivity index (χ3n) is 5.24. The minimum atomic E-state index is -6.17. The van der Waals surface area contributed by atoms with E-state index in [1.807, 2.05) is 0 Å². The van der Waals surface area contributed by atoms with Crippen LogP contribution in [0.3, 0.4) is 0 Å². The van der Waals surface area contributed by atoms with Gasteiger partial charge in [0.1, 0.15) is 0 Å². The Morgan fingerprint density at radius 1 is 1.00 bits per heavy atom. The third-order valence-corrected chi connectivity index (χ3v) is 5.24. The molecule has 1 aromatic rings. The molecule has 0 bridgehead atoms. The second-order valence-electron chi connectivity index (χ2n) is 7.52. The van der Waals surface area contributed by atoms with Gasteiger partial charge in [-0.2, -0.15) is 30.7 Å². The van der Waals surface area contributed by atoms with Crippen molar-refractivity contribution in [2.45, 2.75) is 63.1 Å². The number of carbonyl (C=O) groups is 1.